The van der Waals surface area contributed by atoms with Gasteiger partial charge in [0.2, 0.25) is 0 Å². The number of rotatable bonds is 4. The van der Waals surface area contributed by atoms with Gasteiger partial charge in [-0.1, -0.05) is 45.0 Å². The molecule has 1 N–H and O–H groups in total. The largest absolute Gasteiger partial charge is 0.413 e. The van der Waals surface area contributed by atoms with Gasteiger partial charge in [-0.15, -0.1) is 0 Å². The third kappa shape index (κ3) is 3.67. The van der Waals surface area contributed by atoms with Crippen molar-refractivity contribution in [1.82, 2.24) is 0 Å². The molecule has 0 bridgehead atoms. The van der Waals surface area contributed by atoms with Crippen molar-refractivity contribution in [3.8, 4) is 0 Å². The van der Waals surface area contributed by atoms with Gasteiger partial charge in [0, 0.05) is 0 Å². The molecule has 1 rings (SSSR count). The van der Waals surface area contributed by atoms with Gasteiger partial charge in [0.05, 0.1) is 12.7 Å². The van der Waals surface area contributed by atoms with Gasteiger partial charge in [-0.05, 0) is 36.2 Å². The van der Waals surface area contributed by atoms with Gasteiger partial charge in [0.1, 0.15) is 0 Å². The van der Waals surface area contributed by atoms with E-state index in [9.17, 15) is 5.11 Å². The Morgan fingerprint density at radius 3 is 2.28 bits per heavy atom. The lowest BCUT2D eigenvalue weighted by Crippen LogP contribution is -2.40. The Labute approximate surface area is 112 Å². The van der Waals surface area contributed by atoms with Crippen LogP contribution in [0.25, 0.3) is 0 Å². The average molecular weight is 266 g/mol. The molecule has 1 unspecified atom stereocenters. The first-order valence-corrected chi connectivity index (χ1v) is 9.46. The Kier molecular flexibility index (Phi) is 4.76. The van der Waals surface area contributed by atoms with Crippen molar-refractivity contribution in [1.29, 1.82) is 0 Å². The Balaban J connectivity index is 2.81. The van der Waals surface area contributed by atoms with Crippen molar-refractivity contribution in [2.45, 2.75) is 58.5 Å². The van der Waals surface area contributed by atoms with E-state index in [1.165, 1.54) is 0 Å². The molecule has 0 amide bonds. The maximum atomic E-state index is 9.75. The molecule has 102 valence electrons. The Morgan fingerprint density at radius 2 is 1.78 bits per heavy atom. The van der Waals surface area contributed by atoms with Crippen molar-refractivity contribution in [3.63, 3.8) is 0 Å². The minimum Gasteiger partial charge on any atom is -0.413 e. The van der Waals surface area contributed by atoms with Gasteiger partial charge in [0.15, 0.2) is 8.32 Å². The molecular weight excluding hydrogens is 240 g/mol. The second-order valence-corrected chi connectivity index (χ2v) is 11.2. The van der Waals surface area contributed by atoms with E-state index < -0.39 is 14.4 Å². The molecule has 0 spiro atoms. The number of hydrogen-bond donors (Lipinski definition) is 1. The molecule has 2 nitrogen and oxygen atoms in total. The van der Waals surface area contributed by atoms with E-state index in [0.717, 1.165) is 11.1 Å². The predicted octanol–water partition coefficient (Wildman–Crippen LogP) is 4.26. The van der Waals surface area contributed by atoms with Crippen LogP contribution in [0.1, 0.15) is 44.9 Å². The smallest absolute Gasteiger partial charge is 0.192 e. The molecule has 0 radical (unpaired) electrons. The zero-order chi connectivity index (χ0) is 14.0. The van der Waals surface area contributed by atoms with Crippen LogP contribution in [0.4, 0.5) is 0 Å². The highest BCUT2D eigenvalue weighted by atomic mass is 28.4. The monoisotopic (exact) mass is 266 g/mol. The van der Waals surface area contributed by atoms with E-state index in [1.54, 1.807) is 6.92 Å². The molecule has 0 fully saturated rings. The van der Waals surface area contributed by atoms with E-state index in [1.807, 2.05) is 24.3 Å². The van der Waals surface area contributed by atoms with Crippen molar-refractivity contribution in [3.05, 3.63) is 35.4 Å². The van der Waals surface area contributed by atoms with Crippen LogP contribution in [0.15, 0.2) is 24.3 Å². The maximum absolute atomic E-state index is 9.75. The van der Waals surface area contributed by atoms with Gasteiger partial charge in [0.25, 0.3) is 0 Å². The lowest BCUT2D eigenvalue weighted by molar-refractivity contribution is 0.194. The topological polar surface area (TPSA) is 29.5 Å². The average Bonchev–Trinajstić information content (AvgIpc) is 2.25. The Bertz CT molecular complexity index is 392. The SMILES string of the molecule is CC(O)c1ccccc1CO[Si](C)(C)C(C)(C)C. The summed E-state index contributed by atoms with van der Waals surface area (Å²) in [4.78, 5) is 0. The highest BCUT2D eigenvalue weighted by Crippen LogP contribution is 2.37. The first-order valence-electron chi connectivity index (χ1n) is 6.55. The molecule has 18 heavy (non-hydrogen) atoms. The third-order valence-corrected chi connectivity index (χ3v) is 8.38. The van der Waals surface area contributed by atoms with Gasteiger partial charge in [-0.25, -0.2) is 0 Å². The first kappa shape index (κ1) is 15.4. The van der Waals surface area contributed by atoms with Gasteiger partial charge >= 0.3 is 0 Å². The molecule has 3 heteroatoms. The maximum Gasteiger partial charge on any atom is 0.192 e. The fourth-order valence-corrected chi connectivity index (χ4v) is 2.50. The third-order valence-electron chi connectivity index (χ3n) is 3.90. The van der Waals surface area contributed by atoms with Crippen LogP contribution in [-0.4, -0.2) is 13.4 Å². The molecule has 0 heterocycles. The first-order chi connectivity index (χ1) is 8.15. The molecule has 0 saturated heterocycles. The summed E-state index contributed by atoms with van der Waals surface area (Å²) >= 11 is 0. The van der Waals surface area contributed by atoms with E-state index >= 15 is 0 Å². The second-order valence-electron chi connectivity index (χ2n) is 6.42. The normalized spacial score (nSPS) is 14.6. The van der Waals surface area contributed by atoms with Crippen LogP contribution < -0.4 is 0 Å². The second kappa shape index (κ2) is 5.55. The molecule has 0 saturated carbocycles. The fourth-order valence-electron chi connectivity index (χ4n) is 1.55. The molecular formula is C15H26O2Si. The molecule has 1 aromatic rings. The van der Waals surface area contributed by atoms with Crippen molar-refractivity contribution >= 4 is 8.32 Å². The predicted molar refractivity (Wildman–Crippen MR) is 79.1 cm³/mol. The summed E-state index contributed by atoms with van der Waals surface area (Å²) in [5, 5.41) is 9.96. The summed E-state index contributed by atoms with van der Waals surface area (Å²) in [7, 11) is -1.73. The zero-order valence-electron chi connectivity index (χ0n) is 12.4. The lowest BCUT2D eigenvalue weighted by atomic mass is 10.0. The number of benzene rings is 1. The highest BCUT2D eigenvalue weighted by molar-refractivity contribution is 6.74. The summed E-state index contributed by atoms with van der Waals surface area (Å²) in [6, 6.07) is 7.96. The number of aliphatic hydroxyl groups is 1. The summed E-state index contributed by atoms with van der Waals surface area (Å²) in [5.41, 5.74) is 2.06. The molecule has 0 aromatic heterocycles. The van der Waals surface area contributed by atoms with Crippen LogP contribution in [-0.2, 0) is 11.0 Å². The van der Waals surface area contributed by atoms with E-state index in [4.69, 9.17) is 4.43 Å². The van der Waals surface area contributed by atoms with Gasteiger partial charge in [-0.2, -0.15) is 0 Å². The van der Waals surface area contributed by atoms with Crippen LogP contribution in [0.5, 0.6) is 0 Å². The molecule has 0 aliphatic carbocycles. The van der Waals surface area contributed by atoms with Crippen molar-refractivity contribution in [2.24, 2.45) is 0 Å². The quantitative estimate of drug-likeness (QED) is 0.825. The van der Waals surface area contributed by atoms with E-state index in [0.29, 0.717) is 6.61 Å². The van der Waals surface area contributed by atoms with Crippen molar-refractivity contribution in [2.75, 3.05) is 0 Å². The van der Waals surface area contributed by atoms with Crippen LogP contribution in [0, 0.1) is 0 Å². The van der Waals surface area contributed by atoms with E-state index in [-0.39, 0.29) is 5.04 Å². The number of aliphatic hydroxyl groups excluding tert-OH is 1. The van der Waals surface area contributed by atoms with Crippen LogP contribution in [0.3, 0.4) is 0 Å². The zero-order valence-corrected chi connectivity index (χ0v) is 13.4. The minimum atomic E-state index is -1.73. The summed E-state index contributed by atoms with van der Waals surface area (Å²) < 4.78 is 6.20. The lowest BCUT2D eigenvalue weighted by Gasteiger charge is -2.36. The molecule has 1 aromatic carbocycles. The molecule has 0 aliphatic rings. The fraction of sp³-hybridized carbons (Fsp3) is 0.600. The minimum absolute atomic E-state index is 0.215. The highest BCUT2D eigenvalue weighted by Gasteiger charge is 2.37. The summed E-state index contributed by atoms with van der Waals surface area (Å²) in [5.74, 6) is 0. The molecule has 0 aliphatic heterocycles. The standard InChI is InChI=1S/C15H26O2Si/c1-12(16)14-10-8-7-9-13(14)11-17-18(5,6)15(2,3)4/h7-10,12,16H,11H2,1-6H3. The Hall–Kier alpha value is -0.643. The van der Waals surface area contributed by atoms with Crippen LogP contribution >= 0.6 is 0 Å². The van der Waals surface area contributed by atoms with Crippen molar-refractivity contribution < 1.29 is 9.53 Å². The van der Waals surface area contributed by atoms with Gasteiger partial charge in [-0.3, -0.25) is 0 Å². The number of hydrogen-bond acceptors (Lipinski definition) is 2. The van der Waals surface area contributed by atoms with E-state index in [2.05, 4.69) is 33.9 Å². The van der Waals surface area contributed by atoms with Gasteiger partial charge < -0.3 is 9.53 Å². The molecule has 1 atom stereocenters. The Morgan fingerprint density at radius 1 is 1.22 bits per heavy atom. The van der Waals surface area contributed by atoms with Crippen LogP contribution in [0.2, 0.25) is 18.1 Å². The summed E-state index contributed by atoms with van der Waals surface area (Å²) in [6.45, 7) is 13.6. The summed E-state index contributed by atoms with van der Waals surface area (Å²) in [6.07, 6.45) is -0.441.